The summed E-state index contributed by atoms with van der Waals surface area (Å²) in [6.45, 7) is 0. The van der Waals surface area contributed by atoms with Crippen LogP contribution in [0.3, 0.4) is 0 Å². The van der Waals surface area contributed by atoms with Gasteiger partial charge in [-0.05, 0) is 0 Å². The molecule has 1 heterocycles. The molecule has 1 N–H and O–H groups in total. The molecule has 0 saturated carbocycles. The fourth-order valence-electron chi connectivity index (χ4n) is 0.0208. The highest BCUT2D eigenvalue weighted by molar-refractivity contribution is 5.75. The molecule has 3 nitrogen and oxygen atoms in total. The zero-order chi connectivity index (χ0) is 2.99. The van der Waals surface area contributed by atoms with E-state index in [0.717, 1.165) is 0 Å². The van der Waals surface area contributed by atoms with Crippen molar-refractivity contribution in [2.45, 2.75) is 0 Å². The van der Waals surface area contributed by atoms with E-state index < -0.39 is 0 Å². The van der Waals surface area contributed by atoms with Gasteiger partial charge < -0.3 is 4.84 Å². The van der Waals surface area contributed by atoms with E-state index in [-0.39, 0.29) is 6.09 Å². The summed E-state index contributed by atoms with van der Waals surface area (Å²) in [5.41, 5.74) is 1.96. The van der Waals surface area contributed by atoms with Gasteiger partial charge in [0.2, 0.25) is 0 Å². The highest BCUT2D eigenvalue weighted by atomic mass is 16.8. The molecule has 0 aromatic heterocycles. The van der Waals surface area contributed by atoms with Crippen molar-refractivity contribution in [2.24, 2.45) is 0 Å². The number of carbonyl (C=O) groups is 1. The zero-order valence-electron chi connectivity index (χ0n) is 1.82. The molecule has 0 unspecified atom stereocenters. The Labute approximate surface area is 22.5 Å². The second-order valence-corrected chi connectivity index (χ2v) is 0.492. The lowest BCUT2D eigenvalue weighted by atomic mass is 11.4. The lowest BCUT2D eigenvalue weighted by Crippen LogP contribution is -1.63. The van der Waals surface area contributed by atoms with Crippen LogP contribution >= 0.6 is 0 Å². The Balaban J connectivity index is 2.60. The number of rotatable bonds is 0. The summed E-state index contributed by atoms with van der Waals surface area (Å²) in [5, 5.41) is 0. The molecule has 0 aliphatic carbocycles. The van der Waals surface area contributed by atoms with Gasteiger partial charge in [0.15, 0.2) is 0 Å². The summed E-state index contributed by atoms with van der Waals surface area (Å²) in [6.07, 6.45) is -0.333. The summed E-state index contributed by atoms with van der Waals surface area (Å²) in [4.78, 5) is 13.0. The van der Waals surface area contributed by atoms with Gasteiger partial charge in [0.1, 0.15) is 0 Å². The second-order valence-electron chi connectivity index (χ2n) is 0.492. The van der Waals surface area contributed by atoms with E-state index in [1.807, 2.05) is 5.48 Å². The van der Waals surface area contributed by atoms with Gasteiger partial charge in [-0.15, -0.1) is 5.48 Å². The van der Waals surface area contributed by atoms with E-state index in [1.54, 1.807) is 0 Å². The molecule has 4 heavy (non-hydrogen) atoms. The first-order chi connectivity index (χ1) is 1.89. The number of carbonyl (C=O) groups excluding carboxylic acids is 1. The van der Waals surface area contributed by atoms with E-state index in [2.05, 4.69) is 4.84 Å². The second kappa shape index (κ2) is 0.201. The maximum absolute atomic E-state index is 9.22. The summed E-state index contributed by atoms with van der Waals surface area (Å²) in [6, 6.07) is 0. The SMILES string of the molecule is O=C1NO1. The van der Waals surface area contributed by atoms with Gasteiger partial charge in [0, 0.05) is 0 Å². The number of nitrogens with one attached hydrogen (secondary N) is 1. The third kappa shape index (κ3) is 0.0180. The van der Waals surface area contributed by atoms with Gasteiger partial charge >= 0.3 is 6.09 Å². The van der Waals surface area contributed by atoms with Gasteiger partial charge in [-0.3, -0.25) is 0 Å². The first kappa shape index (κ1) is 1.58. The van der Waals surface area contributed by atoms with E-state index in [4.69, 9.17) is 0 Å². The molecule has 1 amide bonds. The largest absolute Gasteiger partial charge is 0.465 e. The Morgan fingerprint density at radius 1 is 2.00 bits per heavy atom. The molecule has 0 atom stereocenters. The van der Waals surface area contributed by atoms with Crippen LogP contribution in [-0.2, 0) is 4.84 Å². The molecule has 1 fully saturated rings. The summed E-state index contributed by atoms with van der Waals surface area (Å²) in [5.74, 6) is 0. The van der Waals surface area contributed by atoms with Crippen LogP contribution in [-0.4, -0.2) is 6.09 Å². The lowest BCUT2D eigenvalue weighted by molar-refractivity contribution is 0.247. The quantitative estimate of drug-likeness (QED) is 0.387. The van der Waals surface area contributed by atoms with Crippen LogP contribution in [0.1, 0.15) is 0 Å². The molecule has 1 aliphatic heterocycles. The van der Waals surface area contributed by atoms with Gasteiger partial charge in [0.05, 0.1) is 0 Å². The first-order valence-corrected chi connectivity index (χ1v) is 0.862. The summed E-state index contributed by atoms with van der Waals surface area (Å²) in [7, 11) is 0. The Morgan fingerprint density at radius 2 is 2.25 bits per heavy atom. The van der Waals surface area contributed by atoms with Crippen molar-refractivity contribution < 1.29 is 9.63 Å². The number of hydrogen-bond acceptors (Lipinski definition) is 2. The van der Waals surface area contributed by atoms with Crippen molar-refractivity contribution in [3.8, 4) is 0 Å². The molecule has 1 rings (SSSR count). The molecule has 0 aromatic rings. The van der Waals surface area contributed by atoms with Crippen LogP contribution in [0.25, 0.3) is 0 Å². The maximum atomic E-state index is 9.22. The monoisotopic (exact) mass is 59.0 g/mol. The average molecular weight is 59.0 g/mol. The smallest absolute Gasteiger partial charge is 0.317 e. The Morgan fingerprint density at radius 3 is 2.25 bits per heavy atom. The third-order valence-corrected chi connectivity index (χ3v) is 0.185. The van der Waals surface area contributed by atoms with E-state index in [0.29, 0.717) is 0 Å². The molecule has 0 radical (unpaired) electrons. The predicted molar refractivity (Wildman–Crippen MR) is 9.62 cm³/mol. The molecule has 1 saturated heterocycles. The van der Waals surface area contributed by atoms with Crippen LogP contribution in [0, 0.1) is 0 Å². The normalized spacial score (nSPS) is 17.5. The van der Waals surface area contributed by atoms with Crippen LogP contribution < -0.4 is 5.48 Å². The average Bonchev–Trinajstić information content (AvgIpc) is 1.75. The predicted octanol–water partition coefficient (Wildman–Crippen LogP) is -0.359. The van der Waals surface area contributed by atoms with Gasteiger partial charge in [-0.25, -0.2) is 4.79 Å². The molecule has 22 valence electrons. The number of hydroxylamine groups is 1. The van der Waals surface area contributed by atoms with Gasteiger partial charge in [-0.1, -0.05) is 0 Å². The summed E-state index contributed by atoms with van der Waals surface area (Å²) < 4.78 is 0. The standard InChI is InChI=1S/CHNO2/c3-1-2-4-1/h(H,2,3). The zero-order valence-corrected chi connectivity index (χ0v) is 1.82. The number of hydrogen-bond donors (Lipinski definition) is 1. The van der Waals surface area contributed by atoms with Crippen LogP contribution in [0.15, 0.2) is 0 Å². The van der Waals surface area contributed by atoms with Crippen molar-refractivity contribution in [3.63, 3.8) is 0 Å². The highest BCUT2D eigenvalue weighted by Gasteiger charge is 2.14. The molecule has 0 spiro atoms. The van der Waals surface area contributed by atoms with E-state index >= 15 is 0 Å². The summed E-state index contributed by atoms with van der Waals surface area (Å²) >= 11 is 0. The Kier molecular flexibility index (Phi) is 0.0791. The van der Waals surface area contributed by atoms with Crippen LogP contribution in [0.4, 0.5) is 4.79 Å². The van der Waals surface area contributed by atoms with Gasteiger partial charge in [0.25, 0.3) is 0 Å². The maximum Gasteiger partial charge on any atom is 0.465 e. The molecule has 0 aromatic carbocycles. The minimum absolute atomic E-state index is 0.333. The van der Waals surface area contributed by atoms with Crippen molar-refractivity contribution in [1.29, 1.82) is 0 Å². The third-order valence-electron chi connectivity index (χ3n) is 0.185. The highest BCUT2D eigenvalue weighted by Crippen LogP contribution is 1.81. The number of amides is 1. The van der Waals surface area contributed by atoms with Crippen molar-refractivity contribution in [1.82, 2.24) is 5.48 Å². The minimum atomic E-state index is -0.333. The van der Waals surface area contributed by atoms with E-state index in [9.17, 15) is 4.79 Å². The van der Waals surface area contributed by atoms with Crippen molar-refractivity contribution in [2.75, 3.05) is 0 Å². The minimum Gasteiger partial charge on any atom is -0.317 e. The fourth-order valence-corrected chi connectivity index (χ4v) is 0.0208. The van der Waals surface area contributed by atoms with Crippen LogP contribution in [0.5, 0.6) is 0 Å². The van der Waals surface area contributed by atoms with Crippen molar-refractivity contribution >= 4 is 6.09 Å². The molecule has 1 aliphatic rings. The van der Waals surface area contributed by atoms with Crippen molar-refractivity contribution in [3.05, 3.63) is 0 Å². The van der Waals surface area contributed by atoms with Crippen LogP contribution in [0.2, 0.25) is 0 Å². The van der Waals surface area contributed by atoms with E-state index in [1.165, 1.54) is 0 Å². The fraction of sp³-hybridized carbons (Fsp3) is 0. The lowest BCUT2D eigenvalue weighted by Gasteiger charge is -1.25. The molecular formula is CHNO2. The van der Waals surface area contributed by atoms with Gasteiger partial charge in [-0.2, -0.15) is 0 Å². The first-order valence-electron chi connectivity index (χ1n) is 0.862. The molecular weight excluding hydrogens is 58.0 g/mol. The Bertz CT molecular complexity index is 44.0. The molecule has 0 bridgehead atoms. The Hall–Kier alpha value is -0.730. The molecule has 3 heteroatoms. The topological polar surface area (TPSA) is 51.5 Å².